The molecule has 0 saturated heterocycles. The van der Waals surface area contributed by atoms with Gasteiger partial charge >= 0.3 is 0 Å². The summed E-state index contributed by atoms with van der Waals surface area (Å²) in [6, 6.07) is 6.56. The molecule has 0 fully saturated rings. The van der Waals surface area contributed by atoms with Crippen LogP contribution < -0.4 is 0 Å². The molecule has 2 aromatic rings. The van der Waals surface area contributed by atoms with E-state index in [-0.39, 0.29) is 0 Å². The van der Waals surface area contributed by atoms with E-state index in [0.717, 1.165) is 5.92 Å². The Labute approximate surface area is 117 Å². The largest absolute Gasteiger partial charge is 0.358 e. The van der Waals surface area contributed by atoms with Gasteiger partial charge in [0.2, 0.25) is 0 Å². The van der Waals surface area contributed by atoms with Crippen LogP contribution in [-0.2, 0) is 12.8 Å². The molecule has 0 aliphatic heterocycles. The number of H-pyrrole nitrogens is 1. The summed E-state index contributed by atoms with van der Waals surface area (Å²) < 4.78 is 1.18. The van der Waals surface area contributed by atoms with Gasteiger partial charge in [-0.1, -0.05) is 36.7 Å². The molecule has 96 valence electrons. The Morgan fingerprint density at radius 1 is 1.28 bits per heavy atom. The van der Waals surface area contributed by atoms with E-state index < -0.39 is 0 Å². The van der Waals surface area contributed by atoms with Crippen molar-refractivity contribution in [3.63, 3.8) is 0 Å². The van der Waals surface area contributed by atoms with Crippen LogP contribution in [0.15, 0.2) is 22.7 Å². The Morgan fingerprint density at radius 3 is 2.78 bits per heavy atom. The molecular formula is C16H20BrN. The van der Waals surface area contributed by atoms with Crippen LogP contribution in [0.3, 0.4) is 0 Å². The van der Waals surface area contributed by atoms with Crippen molar-refractivity contribution < 1.29 is 0 Å². The number of rotatable bonds is 0. The van der Waals surface area contributed by atoms with Crippen molar-refractivity contribution in [2.75, 3.05) is 0 Å². The Morgan fingerprint density at radius 2 is 2.06 bits per heavy atom. The van der Waals surface area contributed by atoms with Gasteiger partial charge in [0.25, 0.3) is 0 Å². The lowest BCUT2D eigenvalue weighted by Gasteiger charge is -2.34. The third kappa shape index (κ3) is 2.01. The van der Waals surface area contributed by atoms with Gasteiger partial charge in [-0.3, -0.25) is 0 Å². The van der Waals surface area contributed by atoms with Gasteiger partial charge in [0.1, 0.15) is 0 Å². The zero-order valence-corrected chi connectivity index (χ0v) is 12.9. The van der Waals surface area contributed by atoms with Crippen LogP contribution in [-0.4, -0.2) is 4.98 Å². The highest BCUT2D eigenvalue weighted by molar-refractivity contribution is 9.10. The zero-order valence-electron chi connectivity index (χ0n) is 11.3. The Kier molecular flexibility index (Phi) is 2.81. The predicted molar refractivity (Wildman–Crippen MR) is 81.0 cm³/mol. The normalized spacial score (nSPS) is 20.1. The monoisotopic (exact) mass is 305 g/mol. The van der Waals surface area contributed by atoms with Crippen molar-refractivity contribution in [2.45, 2.75) is 40.0 Å². The lowest BCUT2D eigenvalue weighted by Crippen LogP contribution is -2.26. The summed E-state index contributed by atoms with van der Waals surface area (Å²) in [5.41, 5.74) is 4.71. The molecule has 1 atom stereocenters. The highest BCUT2D eigenvalue weighted by Gasteiger charge is 2.30. The molecule has 18 heavy (non-hydrogen) atoms. The second kappa shape index (κ2) is 4.12. The number of nitrogens with one attached hydrogen (secondary N) is 1. The first-order valence-electron chi connectivity index (χ1n) is 6.74. The molecule has 1 nitrogen and oxygen atoms in total. The molecule has 0 spiro atoms. The molecule has 2 heteroatoms. The summed E-state index contributed by atoms with van der Waals surface area (Å²) in [7, 11) is 0. The molecule has 0 amide bonds. The number of benzene rings is 1. The van der Waals surface area contributed by atoms with Gasteiger partial charge in [0, 0.05) is 21.1 Å². The van der Waals surface area contributed by atoms with Crippen LogP contribution in [0.4, 0.5) is 0 Å². The van der Waals surface area contributed by atoms with Crippen LogP contribution in [0.1, 0.15) is 38.4 Å². The summed E-state index contributed by atoms with van der Waals surface area (Å²) in [6.45, 7) is 7.11. The van der Waals surface area contributed by atoms with E-state index >= 15 is 0 Å². The van der Waals surface area contributed by atoms with Gasteiger partial charge in [0.15, 0.2) is 0 Å². The number of aryl methyl sites for hydroxylation is 1. The van der Waals surface area contributed by atoms with Crippen LogP contribution in [0, 0.1) is 11.3 Å². The van der Waals surface area contributed by atoms with E-state index in [1.165, 1.54) is 40.3 Å². The maximum absolute atomic E-state index is 3.59. The molecule has 1 unspecified atom stereocenters. The average molecular weight is 306 g/mol. The molecule has 1 aromatic heterocycles. The molecule has 1 aliphatic rings. The highest BCUT2D eigenvalue weighted by Crippen LogP contribution is 2.40. The van der Waals surface area contributed by atoms with Crippen molar-refractivity contribution in [1.82, 2.24) is 4.98 Å². The maximum atomic E-state index is 3.59. The lowest BCUT2D eigenvalue weighted by molar-refractivity contribution is 0.216. The van der Waals surface area contributed by atoms with Gasteiger partial charge in [-0.15, -0.1) is 0 Å². The summed E-state index contributed by atoms with van der Waals surface area (Å²) in [4.78, 5) is 3.59. The SMILES string of the molecule is CC(C)(C)C1CCc2[nH]c3ccc(Br)cc3c2C1. The third-order valence-electron chi connectivity index (χ3n) is 4.37. The number of hydrogen-bond donors (Lipinski definition) is 1. The van der Waals surface area contributed by atoms with Crippen LogP contribution in [0.25, 0.3) is 10.9 Å². The van der Waals surface area contributed by atoms with Gasteiger partial charge < -0.3 is 4.98 Å². The lowest BCUT2D eigenvalue weighted by atomic mass is 9.71. The molecule has 1 aliphatic carbocycles. The number of aromatic nitrogens is 1. The van der Waals surface area contributed by atoms with E-state index in [2.05, 4.69) is 59.9 Å². The van der Waals surface area contributed by atoms with E-state index in [1.807, 2.05) is 0 Å². The van der Waals surface area contributed by atoms with Crippen LogP contribution in [0.5, 0.6) is 0 Å². The maximum Gasteiger partial charge on any atom is 0.0459 e. The third-order valence-corrected chi connectivity index (χ3v) is 4.87. The summed E-state index contributed by atoms with van der Waals surface area (Å²) in [5, 5.41) is 1.41. The average Bonchev–Trinajstić information content (AvgIpc) is 2.65. The van der Waals surface area contributed by atoms with Crippen molar-refractivity contribution >= 4 is 26.8 Å². The van der Waals surface area contributed by atoms with E-state index in [9.17, 15) is 0 Å². The number of fused-ring (bicyclic) bond motifs is 3. The first kappa shape index (κ1) is 12.3. The van der Waals surface area contributed by atoms with Crippen molar-refractivity contribution in [3.05, 3.63) is 33.9 Å². The molecular weight excluding hydrogens is 286 g/mol. The second-order valence-corrected chi connectivity index (χ2v) is 7.49. The van der Waals surface area contributed by atoms with Crippen molar-refractivity contribution in [2.24, 2.45) is 11.3 Å². The Balaban J connectivity index is 2.08. The summed E-state index contributed by atoms with van der Waals surface area (Å²) in [6.07, 6.45) is 3.73. The van der Waals surface area contributed by atoms with Crippen molar-refractivity contribution in [1.29, 1.82) is 0 Å². The van der Waals surface area contributed by atoms with Gasteiger partial charge in [-0.25, -0.2) is 0 Å². The predicted octanol–water partition coefficient (Wildman–Crippen LogP) is 5.08. The minimum Gasteiger partial charge on any atom is -0.358 e. The molecule has 0 radical (unpaired) electrons. The number of hydrogen-bond acceptors (Lipinski definition) is 0. The topological polar surface area (TPSA) is 15.8 Å². The Bertz CT molecular complexity index is 589. The van der Waals surface area contributed by atoms with E-state index in [4.69, 9.17) is 0 Å². The summed E-state index contributed by atoms with van der Waals surface area (Å²) >= 11 is 3.59. The minimum absolute atomic E-state index is 0.410. The smallest absolute Gasteiger partial charge is 0.0459 e. The number of halogens is 1. The van der Waals surface area contributed by atoms with Gasteiger partial charge in [0.05, 0.1) is 0 Å². The molecule has 0 saturated carbocycles. The van der Waals surface area contributed by atoms with Gasteiger partial charge in [-0.05, 0) is 54.4 Å². The molecule has 1 heterocycles. The molecule has 1 N–H and O–H groups in total. The fourth-order valence-corrected chi connectivity index (χ4v) is 3.49. The fraction of sp³-hybridized carbons (Fsp3) is 0.500. The molecule has 3 rings (SSSR count). The standard InChI is InChI=1S/C16H20BrN/c1-16(2,3)10-4-6-14-12(8-10)13-9-11(17)5-7-15(13)18-14/h5,7,9-10,18H,4,6,8H2,1-3H3. The van der Waals surface area contributed by atoms with Gasteiger partial charge in [-0.2, -0.15) is 0 Å². The second-order valence-electron chi connectivity index (χ2n) is 6.58. The van der Waals surface area contributed by atoms with Crippen LogP contribution in [0.2, 0.25) is 0 Å². The van der Waals surface area contributed by atoms with E-state index in [0.29, 0.717) is 5.41 Å². The molecule has 0 bridgehead atoms. The van der Waals surface area contributed by atoms with E-state index in [1.54, 1.807) is 5.56 Å². The quantitative estimate of drug-likeness (QED) is 0.698. The number of aromatic amines is 1. The van der Waals surface area contributed by atoms with Crippen LogP contribution >= 0.6 is 15.9 Å². The fourth-order valence-electron chi connectivity index (χ4n) is 3.13. The first-order chi connectivity index (χ1) is 8.45. The molecule has 1 aromatic carbocycles. The van der Waals surface area contributed by atoms with Crippen molar-refractivity contribution in [3.8, 4) is 0 Å². The highest BCUT2D eigenvalue weighted by atomic mass is 79.9. The minimum atomic E-state index is 0.410. The Hall–Kier alpha value is -0.760. The zero-order chi connectivity index (χ0) is 12.9. The first-order valence-corrected chi connectivity index (χ1v) is 7.53. The summed E-state index contributed by atoms with van der Waals surface area (Å²) in [5.74, 6) is 0.794.